The van der Waals surface area contributed by atoms with Crippen LogP contribution in [0.4, 0.5) is 0 Å². The van der Waals surface area contributed by atoms with Crippen LogP contribution >= 0.6 is 43.6 Å². The van der Waals surface area contributed by atoms with E-state index in [4.69, 9.17) is 4.18 Å². The Morgan fingerprint density at radius 3 is 2.66 bits per heavy atom. The van der Waals surface area contributed by atoms with Crippen molar-refractivity contribution in [2.24, 2.45) is 10.2 Å². The Labute approximate surface area is 189 Å². The molecule has 1 fully saturated rings. The molecule has 1 aliphatic rings. The average molecular weight is 561 g/mol. The zero-order valence-corrected chi connectivity index (χ0v) is 20.0. The minimum absolute atomic E-state index is 0.00497. The van der Waals surface area contributed by atoms with Crippen molar-refractivity contribution in [1.29, 1.82) is 0 Å². The minimum Gasteiger partial charge on any atom is -0.378 e. The van der Waals surface area contributed by atoms with Crippen molar-refractivity contribution in [2.45, 2.75) is 24.0 Å². The maximum Gasteiger partial charge on any atom is 0.340 e. The molecule has 0 aromatic heterocycles. The fraction of sp³-hybridized carbons (Fsp3) is 0.167. The first-order chi connectivity index (χ1) is 13.7. The third-order valence-corrected chi connectivity index (χ3v) is 7.46. The van der Waals surface area contributed by atoms with Gasteiger partial charge in [0.05, 0.1) is 11.5 Å². The lowest BCUT2D eigenvalue weighted by atomic mass is 10.1. The number of nitrogens with one attached hydrogen (secondary N) is 1. The number of aryl methyl sites for hydroxylation is 1. The molecule has 1 N–H and O–H groups in total. The molecule has 3 rings (SSSR count). The molecular formula is C18H15Br2N3O4S2. The summed E-state index contributed by atoms with van der Waals surface area (Å²) in [7, 11) is -4.09. The quantitative estimate of drug-likeness (QED) is 0.335. The molecule has 1 aliphatic heterocycles. The number of carbonyl (C=O) groups excluding carboxylic acids is 1. The molecule has 0 unspecified atom stereocenters. The van der Waals surface area contributed by atoms with Crippen LogP contribution in [0.25, 0.3) is 0 Å². The number of halogens is 2. The van der Waals surface area contributed by atoms with Crippen molar-refractivity contribution in [3.8, 4) is 5.75 Å². The van der Waals surface area contributed by atoms with Crippen molar-refractivity contribution in [1.82, 2.24) is 5.32 Å². The Morgan fingerprint density at radius 1 is 1.21 bits per heavy atom. The second-order valence-electron chi connectivity index (χ2n) is 6.05. The zero-order valence-electron chi connectivity index (χ0n) is 15.2. The normalized spacial score (nSPS) is 18.4. The molecule has 11 heteroatoms. The van der Waals surface area contributed by atoms with Gasteiger partial charge in [0.15, 0.2) is 10.9 Å². The molecule has 1 saturated heterocycles. The number of amidine groups is 1. The maximum absolute atomic E-state index is 12.8. The van der Waals surface area contributed by atoms with Gasteiger partial charge in [0, 0.05) is 14.5 Å². The van der Waals surface area contributed by atoms with Crippen LogP contribution in [0.3, 0.4) is 0 Å². The smallest absolute Gasteiger partial charge is 0.340 e. The molecule has 29 heavy (non-hydrogen) atoms. The number of thioether (sulfide) groups is 1. The highest BCUT2D eigenvalue weighted by molar-refractivity contribution is 9.11. The topological polar surface area (TPSA) is 97.2 Å². The molecular weight excluding hydrogens is 546 g/mol. The number of nitrogens with zero attached hydrogens (tertiary/aromatic N) is 2. The zero-order chi connectivity index (χ0) is 21.2. The Morgan fingerprint density at radius 2 is 1.97 bits per heavy atom. The van der Waals surface area contributed by atoms with Crippen molar-refractivity contribution in [3.05, 3.63) is 56.5 Å². The predicted molar refractivity (Wildman–Crippen MR) is 121 cm³/mol. The largest absolute Gasteiger partial charge is 0.378 e. The maximum atomic E-state index is 12.8. The van der Waals surface area contributed by atoms with Gasteiger partial charge in [-0.15, -0.1) is 5.10 Å². The van der Waals surface area contributed by atoms with Crippen LogP contribution < -0.4 is 9.50 Å². The summed E-state index contributed by atoms with van der Waals surface area (Å²) in [6, 6.07) is 9.80. The molecule has 0 saturated carbocycles. The molecule has 2 aromatic carbocycles. The van der Waals surface area contributed by atoms with E-state index < -0.39 is 10.1 Å². The number of benzene rings is 2. The molecule has 1 amide bonds. The Hall–Kier alpha value is -1.69. The highest BCUT2D eigenvalue weighted by Crippen LogP contribution is 2.29. The van der Waals surface area contributed by atoms with Crippen LogP contribution in [0.1, 0.15) is 18.1 Å². The summed E-state index contributed by atoms with van der Waals surface area (Å²) in [5, 5.41) is 10.7. The van der Waals surface area contributed by atoms with E-state index in [1.807, 2.05) is 6.92 Å². The molecule has 0 radical (unpaired) electrons. The van der Waals surface area contributed by atoms with E-state index >= 15 is 0 Å². The van der Waals surface area contributed by atoms with Gasteiger partial charge in [-0.2, -0.15) is 13.5 Å². The lowest BCUT2D eigenvalue weighted by Gasteiger charge is -2.11. The standard InChI is InChI=1S/C18H15Br2N3O4S2/c1-10-3-6-15(27-29(25,26)16-8-13(19)4-5-14(16)20)12(7-10)9-21-23-18-22-17(24)11(2)28-18/h3-9,11H,1-2H3,(H,22,23,24)/b21-9-/t11-/m0/s1. The van der Waals surface area contributed by atoms with E-state index in [2.05, 4.69) is 47.4 Å². The average Bonchev–Trinajstić information content (AvgIpc) is 2.97. The third kappa shape index (κ3) is 5.47. The first-order valence-electron chi connectivity index (χ1n) is 8.24. The molecule has 0 aliphatic carbocycles. The SMILES string of the molecule is Cc1ccc(OS(=O)(=O)c2cc(Br)ccc2Br)c(/C=N\N=C2/NC(=O)[C@H](C)S2)c1. The first kappa shape index (κ1) is 22.0. The van der Waals surface area contributed by atoms with Crippen LogP contribution in [-0.2, 0) is 14.9 Å². The van der Waals surface area contributed by atoms with Gasteiger partial charge in [-0.25, -0.2) is 0 Å². The predicted octanol–water partition coefficient (Wildman–Crippen LogP) is 4.23. The molecule has 152 valence electrons. The summed E-state index contributed by atoms with van der Waals surface area (Å²) in [5.74, 6) is -0.0166. The Bertz CT molecular complexity index is 1130. The van der Waals surface area contributed by atoms with Gasteiger partial charge in [-0.3, -0.25) is 4.79 Å². The summed E-state index contributed by atoms with van der Waals surface area (Å²) < 4.78 is 31.9. The van der Waals surface area contributed by atoms with Crippen molar-refractivity contribution in [2.75, 3.05) is 0 Å². The minimum atomic E-state index is -4.09. The third-order valence-electron chi connectivity index (χ3n) is 3.76. The monoisotopic (exact) mass is 559 g/mol. The Balaban J connectivity index is 1.89. The van der Waals surface area contributed by atoms with E-state index in [0.717, 1.165) is 5.56 Å². The van der Waals surface area contributed by atoms with Gasteiger partial charge in [-0.1, -0.05) is 39.3 Å². The van der Waals surface area contributed by atoms with Crippen LogP contribution in [-0.4, -0.2) is 31.0 Å². The summed E-state index contributed by atoms with van der Waals surface area (Å²) in [5.41, 5.74) is 1.33. The molecule has 1 heterocycles. The highest BCUT2D eigenvalue weighted by atomic mass is 79.9. The second-order valence-corrected chi connectivity index (χ2v) is 10.7. The molecule has 1 atom stereocenters. The van der Waals surface area contributed by atoms with E-state index in [1.54, 1.807) is 37.3 Å². The fourth-order valence-electron chi connectivity index (χ4n) is 2.33. The van der Waals surface area contributed by atoms with Gasteiger partial charge in [0.2, 0.25) is 5.91 Å². The molecule has 2 aromatic rings. The first-order valence-corrected chi connectivity index (χ1v) is 12.1. The van der Waals surface area contributed by atoms with Crippen molar-refractivity contribution >= 4 is 71.0 Å². The van der Waals surface area contributed by atoms with E-state index in [-0.39, 0.29) is 21.8 Å². The van der Waals surface area contributed by atoms with Crippen LogP contribution in [0.15, 0.2) is 60.4 Å². The number of rotatable bonds is 5. The van der Waals surface area contributed by atoms with Gasteiger partial charge < -0.3 is 9.50 Å². The van der Waals surface area contributed by atoms with Crippen LogP contribution in [0.5, 0.6) is 5.75 Å². The number of hydrogen-bond acceptors (Lipinski definition) is 7. The second kappa shape index (κ2) is 8.99. The Kier molecular flexibility index (Phi) is 6.82. The lowest BCUT2D eigenvalue weighted by molar-refractivity contribution is -0.118. The van der Waals surface area contributed by atoms with Crippen LogP contribution in [0.2, 0.25) is 0 Å². The number of carbonyl (C=O) groups is 1. The van der Waals surface area contributed by atoms with E-state index in [0.29, 0.717) is 19.7 Å². The van der Waals surface area contributed by atoms with Crippen molar-refractivity contribution in [3.63, 3.8) is 0 Å². The van der Waals surface area contributed by atoms with Crippen LogP contribution in [0, 0.1) is 6.92 Å². The van der Waals surface area contributed by atoms with Gasteiger partial charge in [-0.05, 0) is 60.1 Å². The van der Waals surface area contributed by atoms with E-state index in [1.165, 1.54) is 24.0 Å². The fourth-order valence-corrected chi connectivity index (χ4v) is 5.49. The van der Waals surface area contributed by atoms with Crippen molar-refractivity contribution < 1.29 is 17.4 Å². The molecule has 7 nitrogen and oxygen atoms in total. The number of hydrogen-bond donors (Lipinski definition) is 1. The van der Waals surface area contributed by atoms with Gasteiger partial charge in [0.25, 0.3) is 0 Å². The number of amides is 1. The summed E-state index contributed by atoms with van der Waals surface area (Å²) in [6.07, 6.45) is 1.39. The molecule has 0 spiro atoms. The van der Waals surface area contributed by atoms with E-state index in [9.17, 15) is 13.2 Å². The summed E-state index contributed by atoms with van der Waals surface area (Å²) in [4.78, 5) is 11.5. The summed E-state index contributed by atoms with van der Waals surface area (Å²) >= 11 is 7.77. The molecule has 0 bridgehead atoms. The lowest BCUT2D eigenvalue weighted by Crippen LogP contribution is -2.23. The highest BCUT2D eigenvalue weighted by Gasteiger charge is 2.26. The van der Waals surface area contributed by atoms with Gasteiger partial charge >= 0.3 is 10.1 Å². The summed E-state index contributed by atoms with van der Waals surface area (Å²) in [6.45, 7) is 3.63. The van der Waals surface area contributed by atoms with Gasteiger partial charge in [0.1, 0.15) is 4.90 Å².